The highest BCUT2D eigenvalue weighted by atomic mass is 35.5. The fraction of sp³-hybridized carbons (Fsp3) is 0.118. The summed E-state index contributed by atoms with van der Waals surface area (Å²) < 4.78 is 0. The first-order valence-electron chi connectivity index (χ1n) is 6.89. The van der Waals surface area contributed by atoms with Gasteiger partial charge in [0.05, 0.1) is 10.6 Å². The van der Waals surface area contributed by atoms with E-state index in [0.717, 1.165) is 6.42 Å². The van der Waals surface area contributed by atoms with Crippen molar-refractivity contribution < 1.29 is 4.79 Å². The number of halogens is 1. The molecule has 22 heavy (non-hydrogen) atoms. The van der Waals surface area contributed by atoms with Crippen molar-refractivity contribution in [2.24, 2.45) is 0 Å². The number of hydrogen-bond donors (Lipinski definition) is 1. The third kappa shape index (κ3) is 3.58. The number of carbonyl (C=O) groups excluding carboxylic acids is 1. The maximum Gasteiger partial charge on any atom is 0.252 e. The van der Waals surface area contributed by atoms with Gasteiger partial charge in [0.1, 0.15) is 0 Å². The van der Waals surface area contributed by atoms with Crippen LogP contribution in [0.1, 0.15) is 15.2 Å². The average Bonchev–Trinajstić information content (AvgIpc) is 3.18. The van der Waals surface area contributed by atoms with Crippen LogP contribution in [-0.4, -0.2) is 12.5 Å². The first-order valence-corrected chi connectivity index (χ1v) is 8.97. The predicted octanol–water partition coefficient (Wildman–Crippen LogP) is 5.10. The maximum atomic E-state index is 12.1. The Morgan fingerprint density at radius 2 is 1.91 bits per heavy atom. The van der Waals surface area contributed by atoms with Crippen molar-refractivity contribution in [3.8, 4) is 9.75 Å². The second-order valence-electron chi connectivity index (χ2n) is 4.73. The fourth-order valence-corrected chi connectivity index (χ4v) is 4.17. The van der Waals surface area contributed by atoms with Crippen LogP contribution in [-0.2, 0) is 6.42 Å². The van der Waals surface area contributed by atoms with Gasteiger partial charge < -0.3 is 5.32 Å². The molecule has 1 N–H and O–H groups in total. The Hall–Kier alpha value is -1.62. The van der Waals surface area contributed by atoms with E-state index in [1.165, 1.54) is 14.6 Å². The van der Waals surface area contributed by atoms with Crippen LogP contribution in [0.3, 0.4) is 0 Å². The highest BCUT2D eigenvalue weighted by Crippen LogP contribution is 2.31. The third-order valence-corrected chi connectivity index (χ3v) is 5.74. The van der Waals surface area contributed by atoms with Gasteiger partial charge in [0.2, 0.25) is 0 Å². The van der Waals surface area contributed by atoms with Crippen LogP contribution < -0.4 is 5.32 Å². The summed E-state index contributed by atoms with van der Waals surface area (Å²) in [5.41, 5.74) is 0.523. The minimum absolute atomic E-state index is 0.124. The van der Waals surface area contributed by atoms with Gasteiger partial charge in [-0.1, -0.05) is 29.8 Å². The smallest absolute Gasteiger partial charge is 0.252 e. The van der Waals surface area contributed by atoms with Gasteiger partial charge >= 0.3 is 0 Å². The van der Waals surface area contributed by atoms with Gasteiger partial charge in [-0.3, -0.25) is 4.79 Å². The summed E-state index contributed by atoms with van der Waals surface area (Å²) in [7, 11) is 0. The molecule has 0 atom stereocenters. The lowest BCUT2D eigenvalue weighted by Gasteiger charge is -2.05. The standard InChI is InChI=1S/C17H14ClNOS2/c18-14-5-2-1-4-13(14)17(20)19-10-9-12-7-8-16(22-12)15-6-3-11-21-15/h1-8,11H,9-10H2,(H,19,20). The van der Waals surface area contributed by atoms with Crippen LogP contribution in [0.15, 0.2) is 53.9 Å². The highest BCUT2D eigenvalue weighted by molar-refractivity contribution is 7.21. The molecule has 0 saturated carbocycles. The largest absolute Gasteiger partial charge is 0.352 e. The Labute approximate surface area is 142 Å². The Bertz CT molecular complexity index is 765. The molecule has 1 aromatic carbocycles. The lowest BCUT2D eigenvalue weighted by molar-refractivity contribution is 0.0954. The van der Waals surface area contributed by atoms with Gasteiger partial charge in [-0.2, -0.15) is 0 Å². The molecule has 3 aromatic rings. The van der Waals surface area contributed by atoms with E-state index in [1.807, 2.05) is 12.1 Å². The number of thiophene rings is 2. The zero-order valence-electron chi connectivity index (χ0n) is 11.7. The van der Waals surface area contributed by atoms with Crippen LogP contribution in [0, 0.1) is 0 Å². The number of benzene rings is 1. The van der Waals surface area contributed by atoms with E-state index in [-0.39, 0.29) is 5.91 Å². The number of rotatable bonds is 5. The molecule has 0 bridgehead atoms. The lowest BCUT2D eigenvalue weighted by Crippen LogP contribution is -2.25. The van der Waals surface area contributed by atoms with Crippen molar-refractivity contribution >= 4 is 40.2 Å². The SMILES string of the molecule is O=C(NCCc1ccc(-c2cccs2)s1)c1ccccc1Cl. The Morgan fingerprint density at radius 1 is 1.05 bits per heavy atom. The summed E-state index contributed by atoms with van der Waals surface area (Å²) >= 11 is 9.54. The minimum atomic E-state index is -0.124. The van der Waals surface area contributed by atoms with Crippen LogP contribution in [0.2, 0.25) is 5.02 Å². The van der Waals surface area contributed by atoms with Crippen molar-refractivity contribution in [1.82, 2.24) is 5.32 Å². The van der Waals surface area contributed by atoms with Crippen molar-refractivity contribution in [2.45, 2.75) is 6.42 Å². The van der Waals surface area contributed by atoms with Gasteiger partial charge in [-0.25, -0.2) is 0 Å². The van der Waals surface area contributed by atoms with E-state index >= 15 is 0 Å². The van der Waals surface area contributed by atoms with Crippen LogP contribution in [0.5, 0.6) is 0 Å². The summed E-state index contributed by atoms with van der Waals surface area (Å²) in [5, 5.41) is 5.48. The Kier molecular flexibility index (Phi) is 4.93. The van der Waals surface area contributed by atoms with E-state index in [4.69, 9.17) is 11.6 Å². The second-order valence-corrected chi connectivity index (χ2v) is 7.25. The minimum Gasteiger partial charge on any atom is -0.352 e. The number of carbonyl (C=O) groups is 1. The summed E-state index contributed by atoms with van der Waals surface area (Å²) in [4.78, 5) is 15.9. The topological polar surface area (TPSA) is 29.1 Å². The quantitative estimate of drug-likeness (QED) is 0.683. The van der Waals surface area contributed by atoms with Crippen LogP contribution in [0.25, 0.3) is 9.75 Å². The van der Waals surface area contributed by atoms with Gasteiger partial charge in [0.25, 0.3) is 5.91 Å². The van der Waals surface area contributed by atoms with Crippen molar-refractivity contribution in [3.05, 3.63) is 69.4 Å². The molecule has 2 nitrogen and oxygen atoms in total. The summed E-state index contributed by atoms with van der Waals surface area (Å²) in [6.07, 6.45) is 0.826. The second kappa shape index (κ2) is 7.09. The highest BCUT2D eigenvalue weighted by Gasteiger charge is 2.09. The molecular weight excluding hydrogens is 334 g/mol. The van der Waals surface area contributed by atoms with E-state index < -0.39 is 0 Å². The van der Waals surface area contributed by atoms with Crippen molar-refractivity contribution in [2.75, 3.05) is 6.54 Å². The molecule has 3 rings (SSSR count). The monoisotopic (exact) mass is 347 g/mol. The first kappa shape index (κ1) is 15.3. The molecule has 0 saturated heterocycles. The maximum absolute atomic E-state index is 12.1. The number of hydrogen-bond acceptors (Lipinski definition) is 3. The molecule has 0 aliphatic heterocycles. The van der Waals surface area contributed by atoms with Gasteiger partial charge in [0, 0.05) is 21.2 Å². The Balaban J connectivity index is 1.55. The predicted molar refractivity (Wildman–Crippen MR) is 95.1 cm³/mol. The zero-order chi connectivity index (χ0) is 15.4. The molecule has 0 radical (unpaired) electrons. The molecule has 0 unspecified atom stereocenters. The van der Waals surface area contributed by atoms with Crippen LogP contribution in [0.4, 0.5) is 0 Å². The number of nitrogens with one attached hydrogen (secondary N) is 1. The van der Waals surface area contributed by atoms with Gasteiger partial charge in [-0.05, 0) is 42.1 Å². The lowest BCUT2D eigenvalue weighted by atomic mass is 10.2. The van der Waals surface area contributed by atoms with Crippen molar-refractivity contribution in [3.63, 3.8) is 0 Å². The number of amides is 1. The molecular formula is C17H14ClNOS2. The van der Waals surface area contributed by atoms with Crippen LogP contribution >= 0.6 is 34.3 Å². The summed E-state index contributed by atoms with van der Waals surface area (Å²) in [5.74, 6) is -0.124. The molecule has 5 heteroatoms. The third-order valence-electron chi connectivity index (χ3n) is 3.20. The van der Waals surface area contributed by atoms with E-state index in [0.29, 0.717) is 17.1 Å². The molecule has 0 spiro atoms. The zero-order valence-corrected chi connectivity index (χ0v) is 14.1. The van der Waals surface area contributed by atoms with E-state index in [1.54, 1.807) is 34.8 Å². The molecule has 0 aliphatic carbocycles. The van der Waals surface area contributed by atoms with Gasteiger partial charge in [0.15, 0.2) is 0 Å². The van der Waals surface area contributed by atoms with Crippen molar-refractivity contribution in [1.29, 1.82) is 0 Å². The molecule has 2 aromatic heterocycles. The molecule has 2 heterocycles. The molecule has 1 amide bonds. The fourth-order valence-electron chi connectivity index (χ4n) is 2.10. The average molecular weight is 348 g/mol. The molecule has 0 fully saturated rings. The Morgan fingerprint density at radius 3 is 2.68 bits per heavy atom. The van der Waals surface area contributed by atoms with Gasteiger partial charge in [-0.15, -0.1) is 22.7 Å². The summed E-state index contributed by atoms with van der Waals surface area (Å²) in [6.45, 7) is 0.606. The first-order chi connectivity index (χ1) is 10.7. The van der Waals surface area contributed by atoms with E-state index in [9.17, 15) is 4.79 Å². The normalized spacial score (nSPS) is 10.6. The molecule has 112 valence electrons. The molecule has 0 aliphatic rings. The van der Waals surface area contributed by atoms with E-state index in [2.05, 4.69) is 35.0 Å². The summed E-state index contributed by atoms with van der Waals surface area (Å²) in [6, 6.07) is 15.5.